The van der Waals surface area contributed by atoms with Crippen LogP contribution in [-0.4, -0.2) is 24.8 Å². The average Bonchev–Trinajstić information content (AvgIpc) is 2.56. The summed E-state index contributed by atoms with van der Waals surface area (Å²) in [5.41, 5.74) is 6.71. The minimum absolute atomic E-state index is 0.633. The summed E-state index contributed by atoms with van der Waals surface area (Å²) in [4.78, 5) is 6.22. The molecular formula is C10H16N4. The van der Waals surface area contributed by atoms with Crippen LogP contribution in [-0.2, 0) is 0 Å². The SMILES string of the molecule is C/C=C/N=C1\C(=C(/N)NC)C=CN1C. The van der Waals surface area contributed by atoms with Crippen molar-refractivity contribution in [3.8, 4) is 0 Å². The van der Waals surface area contributed by atoms with E-state index < -0.39 is 0 Å². The Bertz CT molecular complexity index is 323. The van der Waals surface area contributed by atoms with Crippen molar-refractivity contribution in [3.63, 3.8) is 0 Å². The summed E-state index contributed by atoms with van der Waals surface area (Å²) >= 11 is 0. The topological polar surface area (TPSA) is 53.6 Å². The number of aliphatic imine (C=N–C) groups is 1. The van der Waals surface area contributed by atoms with Gasteiger partial charge in [0.25, 0.3) is 0 Å². The fourth-order valence-electron chi connectivity index (χ4n) is 1.17. The van der Waals surface area contributed by atoms with Crippen LogP contribution in [0.5, 0.6) is 0 Å². The van der Waals surface area contributed by atoms with Gasteiger partial charge in [-0.25, -0.2) is 4.99 Å². The van der Waals surface area contributed by atoms with E-state index in [1.54, 1.807) is 13.2 Å². The van der Waals surface area contributed by atoms with Gasteiger partial charge in [-0.1, -0.05) is 6.08 Å². The number of likely N-dealkylation sites (N-methyl/N-ethyl adjacent to an activating group) is 1. The van der Waals surface area contributed by atoms with Crippen LogP contribution in [0.4, 0.5) is 0 Å². The van der Waals surface area contributed by atoms with Crippen LogP contribution in [0.25, 0.3) is 0 Å². The zero-order chi connectivity index (χ0) is 10.6. The third-order valence-electron chi connectivity index (χ3n) is 1.95. The van der Waals surface area contributed by atoms with E-state index in [0.717, 1.165) is 11.4 Å². The molecule has 1 aliphatic rings. The Morgan fingerprint density at radius 2 is 2.36 bits per heavy atom. The van der Waals surface area contributed by atoms with Crippen molar-refractivity contribution in [2.45, 2.75) is 6.92 Å². The van der Waals surface area contributed by atoms with E-state index in [0.29, 0.717) is 5.82 Å². The van der Waals surface area contributed by atoms with Crippen LogP contribution < -0.4 is 11.1 Å². The van der Waals surface area contributed by atoms with E-state index >= 15 is 0 Å². The van der Waals surface area contributed by atoms with Gasteiger partial charge in [0, 0.05) is 26.5 Å². The van der Waals surface area contributed by atoms with Crippen molar-refractivity contribution in [1.29, 1.82) is 0 Å². The highest BCUT2D eigenvalue weighted by molar-refractivity contribution is 6.04. The Hall–Kier alpha value is -1.71. The second-order valence-electron chi connectivity index (χ2n) is 2.94. The molecule has 1 heterocycles. The van der Waals surface area contributed by atoms with Crippen molar-refractivity contribution >= 4 is 5.84 Å². The van der Waals surface area contributed by atoms with Crippen molar-refractivity contribution in [2.24, 2.45) is 10.7 Å². The van der Waals surface area contributed by atoms with Crippen LogP contribution in [0.15, 0.2) is 40.9 Å². The lowest BCUT2D eigenvalue weighted by atomic mass is 10.2. The van der Waals surface area contributed by atoms with Crippen LogP contribution in [0, 0.1) is 0 Å². The number of nitrogens with zero attached hydrogens (tertiary/aromatic N) is 2. The molecule has 0 amide bonds. The molecular weight excluding hydrogens is 176 g/mol. The highest BCUT2D eigenvalue weighted by Gasteiger charge is 2.16. The molecule has 0 unspecified atom stereocenters. The van der Waals surface area contributed by atoms with Gasteiger partial charge in [-0.05, 0) is 13.0 Å². The second kappa shape index (κ2) is 4.50. The first kappa shape index (κ1) is 10.4. The van der Waals surface area contributed by atoms with Crippen molar-refractivity contribution in [2.75, 3.05) is 14.1 Å². The molecule has 0 aromatic rings. The number of rotatable bonds is 2. The molecule has 0 saturated carbocycles. The number of hydrogen-bond donors (Lipinski definition) is 2. The van der Waals surface area contributed by atoms with Gasteiger partial charge >= 0.3 is 0 Å². The first-order valence-corrected chi connectivity index (χ1v) is 4.48. The van der Waals surface area contributed by atoms with Gasteiger partial charge < -0.3 is 16.0 Å². The standard InChI is InChI=1S/C10H16N4/c1-4-6-13-10-8(9(11)12-2)5-7-14(10)3/h4-7,12H,11H2,1-3H3/b6-4+,9-8+,13-10+. The summed E-state index contributed by atoms with van der Waals surface area (Å²) in [5.74, 6) is 1.49. The minimum Gasteiger partial charge on any atom is -0.385 e. The van der Waals surface area contributed by atoms with Gasteiger partial charge in [0.15, 0.2) is 0 Å². The molecule has 0 aromatic carbocycles. The molecule has 1 aliphatic heterocycles. The molecule has 0 fully saturated rings. The molecule has 0 bridgehead atoms. The lowest BCUT2D eigenvalue weighted by molar-refractivity contribution is 0.703. The minimum atomic E-state index is 0.633. The fourth-order valence-corrected chi connectivity index (χ4v) is 1.17. The lowest BCUT2D eigenvalue weighted by Crippen LogP contribution is -2.24. The molecule has 0 aliphatic carbocycles. The Labute approximate surface area is 84.5 Å². The van der Waals surface area contributed by atoms with Crippen molar-refractivity contribution in [1.82, 2.24) is 10.2 Å². The van der Waals surface area contributed by atoms with Gasteiger partial charge in [-0.2, -0.15) is 0 Å². The third-order valence-corrected chi connectivity index (χ3v) is 1.95. The Morgan fingerprint density at radius 3 is 2.93 bits per heavy atom. The number of nitrogens with one attached hydrogen (secondary N) is 1. The van der Waals surface area contributed by atoms with E-state index in [1.807, 2.05) is 37.2 Å². The number of nitrogens with two attached hydrogens (primary N) is 1. The van der Waals surface area contributed by atoms with Gasteiger partial charge in [-0.3, -0.25) is 0 Å². The van der Waals surface area contributed by atoms with Crippen LogP contribution >= 0.6 is 0 Å². The first-order valence-electron chi connectivity index (χ1n) is 4.48. The molecule has 0 atom stereocenters. The van der Waals surface area contributed by atoms with E-state index in [1.165, 1.54) is 0 Å². The Morgan fingerprint density at radius 1 is 1.64 bits per heavy atom. The molecule has 1 rings (SSSR count). The van der Waals surface area contributed by atoms with Crippen molar-refractivity contribution in [3.05, 3.63) is 35.9 Å². The number of allylic oxidation sites excluding steroid dienone is 1. The maximum Gasteiger partial charge on any atom is 0.143 e. The van der Waals surface area contributed by atoms with Gasteiger partial charge in [0.05, 0.1) is 5.57 Å². The average molecular weight is 192 g/mol. The number of amidine groups is 1. The summed E-state index contributed by atoms with van der Waals surface area (Å²) in [6.45, 7) is 1.93. The smallest absolute Gasteiger partial charge is 0.143 e. The molecule has 0 radical (unpaired) electrons. The van der Waals surface area contributed by atoms with Gasteiger partial charge in [0.1, 0.15) is 11.7 Å². The first-order chi connectivity index (χ1) is 6.70. The monoisotopic (exact) mass is 192 g/mol. The zero-order valence-electron chi connectivity index (χ0n) is 8.78. The van der Waals surface area contributed by atoms with Gasteiger partial charge in [0.2, 0.25) is 0 Å². The van der Waals surface area contributed by atoms with Gasteiger partial charge in [-0.15, -0.1) is 0 Å². The highest BCUT2D eigenvalue weighted by atomic mass is 15.2. The number of hydrogen-bond acceptors (Lipinski definition) is 3. The lowest BCUT2D eigenvalue weighted by Gasteiger charge is -2.11. The zero-order valence-corrected chi connectivity index (χ0v) is 8.78. The van der Waals surface area contributed by atoms with E-state index in [9.17, 15) is 0 Å². The largest absolute Gasteiger partial charge is 0.385 e. The Balaban J connectivity index is 3.04. The quantitative estimate of drug-likeness (QED) is 0.679. The van der Waals surface area contributed by atoms with E-state index in [4.69, 9.17) is 5.73 Å². The highest BCUT2D eigenvalue weighted by Crippen LogP contribution is 2.14. The van der Waals surface area contributed by atoms with E-state index in [-0.39, 0.29) is 0 Å². The maximum atomic E-state index is 5.79. The molecule has 0 saturated heterocycles. The fraction of sp³-hybridized carbons (Fsp3) is 0.300. The molecule has 4 nitrogen and oxygen atoms in total. The maximum absolute atomic E-state index is 5.79. The second-order valence-corrected chi connectivity index (χ2v) is 2.94. The molecule has 76 valence electrons. The normalized spacial score (nSPS) is 22.5. The van der Waals surface area contributed by atoms with E-state index in [2.05, 4.69) is 10.3 Å². The third kappa shape index (κ3) is 1.96. The summed E-state index contributed by atoms with van der Waals surface area (Å²) in [6.07, 6.45) is 7.50. The Kier molecular flexibility index (Phi) is 3.34. The summed E-state index contributed by atoms with van der Waals surface area (Å²) in [5, 5.41) is 2.91. The van der Waals surface area contributed by atoms with Crippen molar-refractivity contribution < 1.29 is 0 Å². The summed E-state index contributed by atoms with van der Waals surface area (Å²) in [7, 11) is 3.73. The van der Waals surface area contributed by atoms with Crippen LogP contribution in [0.2, 0.25) is 0 Å². The molecule has 14 heavy (non-hydrogen) atoms. The molecule has 3 N–H and O–H groups in total. The molecule has 0 aromatic heterocycles. The molecule has 4 heteroatoms. The summed E-state index contributed by atoms with van der Waals surface area (Å²) in [6, 6.07) is 0. The van der Waals surface area contributed by atoms with Crippen LogP contribution in [0.3, 0.4) is 0 Å². The van der Waals surface area contributed by atoms with Crippen LogP contribution in [0.1, 0.15) is 6.92 Å². The predicted molar refractivity (Wildman–Crippen MR) is 59.4 cm³/mol. The predicted octanol–water partition coefficient (Wildman–Crippen LogP) is 0.767. The summed E-state index contributed by atoms with van der Waals surface area (Å²) < 4.78 is 0. The molecule has 0 spiro atoms.